The van der Waals surface area contributed by atoms with Crippen molar-refractivity contribution in [2.45, 2.75) is 44.1 Å². The molecule has 4 aliphatic rings. The van der Waals surface area contributed by atoms with Crippen LogP contribution in [0.25, 0.3) is 0 Å². The molecule has 162 valence electrons. The lowest BCUT2D eigenvalue weighted by Crippen LogP contribution is -2.52. The van der Waals surface area contributed by atoms with Crippen LogP contribution in [0.1, 0.15) is 49.0 Å². The SMILES string of the molecule is O=C(Nc1ccc([N+](=O)[O-])cc1O)c1nn(C23CC4CC(CC(C4)C2)C3)cc1[N+](=O)[O-]. The number of nitro benzene ring substituents is 1. The van der Waals surface area contributed by atoms with Gasteiger partial charge >= 0.3 is 5.69 Å². The Morgan fingerprint density at radius 3 is 2.23 bits per heavy atom. The van der Waals surface area contributed by atoms with Gasteiger partial charge in [-0.15, -0.1) is 0 Å². The molecule has 0 saturated heterocycles. The number of nitrogens with zero attached hydrogens (tertiary/aromatic N) is 4. The first-order valence-corrected chi connectivity index (χ1v) is 10.3. The van der Waals surface area contributed by atoms with Crippen molar-refractivity contribution in [3.63, 3.8) is 0 Å². The minimum absolute atomic E-state index is 0.0887. The van der Waals surface area contributed by atoms with Crippen LogP contribution in [-0.4, -0.2) is 30.6 Å². The molecule has 4 saturated carbocycles. The zero-order valence-electron chi connectivity index (χ0n) is 16.6. The first-order valence-electron chi connectivity index (χ1n) is 10.3. The van der Waals surface area contributed by atoms with Gasteiger partial charge in [-0.2, -0.15) is 5.10 Å². The molecule has 1 amide bonds. The number of nitro groups is 2. The van der Waals surface area contributed by atoms with Crippen molar-refractivity contribution >= 4 is 23.0 Å². The average Bonchev–Trinajstić information content (AvgIpc) is 3.15. The second kappa shape index (κ2) is 6.76. The molecule has 1 heterocycles. The molecule has 0 spiro atoms. The maximum absolute atomic E-state index is 12.8. The Bertz CT molecular complexity index is 1070. The predicted octanol–water partition coefficient (Wildman–Crippen LogP) is 3.58. The van der Waals surface area contributed by atoms with Crippen LogP contribution in [0.5, 0.6) is 5.75 Å². The van der Waals surface area contributed by atoms with Crippen LogP contribution >= 0.6 is 0 Å². The fraction of sp³-hybridized carbons (Fsp3) is 0.500. The highest BCUT2D eigenvalue weighted by molar-refractivity contribution is 6.06. The van der Waals surface area contributed by atoms with E-state index in [2.05, 4.69) is 10.4 Å². The van der Waals surface area contributed by atoms with Gasteiger partial charge in [-0.1, -0.05) is 0 Å². The maximum Gasteiger partial charge on any atom is 0.320 e. The molecule has 2 aromatic rings. The number of aromatic nitrogens is 2. The molecule has 1 aromatic carbocycles. The highest BCUT2D eigenvalue weighted by atomic mass is 16.6. The van der Waals surface area contributed by atoms with Gasteiger partial charge in [-0.05, 0) is 62.3 Å². The number of phenolic OH excluding ortho intramolecular Hbond substituents is 1. The molecule has 4 fully saturated rings. The Balaban J connectivity index is 1.46. The molecule has 2 N–H and O–H groups in total. The molecule has 0 unspecified atom stereocenters. The molecule has 6 rings (SSSR count). The normalized spacial score (nSPS) is 28.5. The van der Waals surface area contributed by atoms with Crippen LogP contribution in [0, 0.1) is 38.0 Å². The van der Waals surface area contributed by atoms with E-state index >= 15 is 0 Å². The van der Waals surface area contributed by atoms with Crippen molar-refractivity contribution in [2.24, 2.45) is 17.8 Å². The van der Waals surface area contributed by atoms with Gasteiger partial charge in [-0.3, -0.25) is 29.7 Å². The standard InChI is InChI=1S/C20H21N5O6/c26-17-6-14(24(28)29)1-2-15(17)21-19(27)18-16(25(30)31)10-23(22-18)20-7-11-3-12(8-20)5-13(4-11)9-20/h1-2,6,10-13,26H,3-5,7-9H2,(H,21,27). The van der Waals surface area contributed by atoms with E-state index in [-0.39, 0.29) is 22.6 Å². The van der Waals surface area contributed by atoms with Crippen molar-refractivity contribution in [3.05, 3.63) is 50.3 Å². The van der Waals surface area contributed by atoms with E-state index in [1.54, 1.807) is 4.68 Å². The Kier molecular flexibility index (Phi) is 4.24. The lowest BCUT2D eigenvalue weighted by atomic mass is 9.53. The molecule has 0 aliphatic heterocycles. The zero-order chi connectivity index (χ0) is 21.9. The van der Waals surface area contributed by atoms with Gasteiger partial charge in [0.25, 0.3) is 11.6 Å². The van der Waals surface area contributed by atoms with E-state index in [1.165, 1.54) is 31.5 Å². The van der Waals surface area contributed by atoms with Crippen molar-refractivity contribution in [1.82, 2.24) is 9.78 Å². The molecule has 11 heteroatoms. The van der Waals surface area contributed by atoms with Gasteiger partial charge < -0.3 is 10.4 Å². The lowest BCUT2D eigenvalue weighted by Gasteiger charge is -2.56. The van der Waals surface area contributed by atoms with Gasteiger partial charge in [0.15, 0.2) is 0 Å². The van der Waals surface area contributed by atoms with Crippen molar-refractivity contribution in [1.29, 1.82) is 0 Å². The maximum atomic E-state index is 12.8. The summed E-state index contributed by atoms with van der Waals surface area (Å²) in [5.41, 5.74) is -1.44. The Labute approximate surface area is 176 Å². The minimum atomic E-state index is -0.848. The third-order valence-electron chi connectivity index (χ3n) is 7.04. The molecule has 4 aliphatic carbocycles. The molecular formula is C20H21N5O6. The Morgan fingerprint density at radius 1 is 1.10 bits per heavy atom. The van der Waals surface area contributed by atoms with Crippen LogP contribution in [0.2, 0.25) is 0 Å². The summed E-state index contributed by atoms with van der Waals surface area (Å²) < 4.78 is 1.64. The van der Waals surface area contributed by atoms with Crippen molar-refractivity contribution in [2.75, 3.05) is 5.32 Å². The molecule has 0 radical (unpaired) electrons. The number of amides is 1. The minimum Gasteiger partial charge on any atom is -0.506 e. The zero-order valence-corrected chi connectivity index (χ0v) is 16.6. The lowest BCUT2D eigenvalue weighted by molar-refractivity contribution is -0.385. The smallest absolute Gasteiger partial charge is 0.320 e. The number of hydrogen-bond donors (Lipinski definition) is 2. The van der Waals surface area contributed by atoms with E-state index in [1.807, 2.05) is 0 Å². The molecule has 0 atom stereocenters. The number of nitrogens with one attached hydrogen (secondary N) is 1. The number of carbonyl (C=O) groups is 1. The first-order chi connectivity index (χ1) is 14.7. The topological polar surface area (TPSA) is 153 Å². The fourth-order valence-corrected chi connectivity index (χ4v) is 6.17. The summed E-state index contributed by atoms with van der Waals surface area (Å²) in [5.74, 6) is 0.446. The third kappa shape index (κ3) is 3.20. The molecule has 31 heavy (non-hydrogen) atoms. The summed E-state index contributed by atoms with van der Waals surface area (Å²) in [4.78, 5) is 34.0. The largest absolute Gasteiger partial charge is 0.506 e. The highest BCUT2D eigenvalue weighted by Crippen LogP contribution is 2.58. The van der Waals surface area contributed by atoms with E-state index in [4.69, 9.17) is 0 Å². The first kappa shape index (κ1) is 19.5. The number of benzene rings is 1. The summed E-state index contributed by atoms with van der Waals surface area (Å²) in [6, 6.07) is 3.20. The molecular weight excluding hydrogens is 406 g/mol. The van der Waals surface area contributed by atoms with Crippen LogP contribution in [0.15, 0.2) is 24.4 Å². The monoisotopic (exact) mass is 427 g/mol. The third-order valence-corrected chi connectivity index (χ3v) is 7.04. The van der Waals surface area contributed by atoms with Crippen molar-refractivity contribution in [3.8, 4) is 5.75 Å². The number of carbonyl (C=O) groups excluding carboxylic acids is 1. The van der Waals surface area contributed by atoms with E-state index in [0.717, 1.165) is 31.4 Å². The van der Waals surface area contributed by atoms with Crippen LogP contribution in [0.4, 0.5) is 17.1 Å². The Morgan fingerprint density at radius 2 is 1.71 bits per heavy atom. The van der Waals surface area contributed by atoms with Gasteiger partial charge in [0.1, 0.15) is 11.9 Å². The summed E-state index contributed by atoms with van der Waals surface area (Å²) in [6.45, 7) is 0. The summed E-state index contributed by atoms with van der Waals surface area (Å²) in [6.07, 6.45) is 7.73. The summed E-state index contributed by atoms with van der Waals surface area (Å²) >= 11 is 0. The predicted molar refractivity (Wildman–Crippen MR) is 108 cm³/mol. The molecule has 11 nitrogen and oxygen atoms in total. The second-order valence-corrected chi connectivity index (χ2v) is 9.12. The van der Waals surface area contributed by atoms with Crippen LogP contribution in [-0.2, 0) is 5.54 Å². The number of hydrogen-bond acceptors (Lipinski definition) is 7. The van der Waals surface area contributed by atoms with E-state index < -0.39 is 27.2 Å². The Hall–Kier alpha value is -3.50. The van der Waals surface area contributed by atoms with Gasteiger partial charge in [0.05, 0.1) is 27.1 Å². The van der Waals surface area contributed by atoms with Crippen LogP contribution < -0.4 is 5.32 Å². The fourth-order valence-electron chi connectivity index (χ4n) is 6.17. The van der Waals surface area contributed by atoms with Gasteiger partial charge in [0, 0.05) is 6.07 Å². The summed E-state index contributed by atoms with van der Waals surface area (Å²) in [5, 5.41) is 39.2. The number of rotatable bonds is 5. The number of phenols is 1. The van der Waals surface area contributed by atoms with E-state index in [0.29, 0.717) is 17.8 Å². The van der Waals surface area contributed by atoms with Crippen molar-refractivity contribution < 1.29 is 19.7 Å². The average molecular weight is 427 g/mol. The summed E-state index contributed by atoms with van der Waals surface area (Å²) in [7, 11) is 0. The molecule has 1 aromatic heterocycles. The number of aromatic hydroxyl groups is 1. The molecule has 4 bridgehead atoms. The quantitative estimate of drug-likeness (QED) is 0.420. The van der Waals surface area contributed by atoms with Crippen LogP contribution in [0.3, 0.4) is 0 Å². The number of non-ortho nitro benzene ring substituents is 1. The van der Waals surface area contributed by atoms with E-state index in [9.17, 15) is 30.1 Å². The van der Waals surface area contributed by atoms with Gasteiger partial charge in [-0.25, -0.2) is 0 Å². The highest BCUT2D eigenvalue weighted by Gasteiger charge is 2.53. The second-order valence-electron chi connectivity index (χ2n) is 9.12. The van der Waals surface area contributed by atoms with Gasteiger partial charge in [0.2, 0.25) is 5.69 Å². The number of anilines is 1.